The summed E-state index contributed by atoms with van der Waals surface area (Å²) in [6, 6.07) is 48.7. The van der Waals surface area contributed by atoms with Crippen LogP contribution in [0, 0.1) is 0 Å². The van der Waals surface area contributed by atoms with E-state index in [-0.39, 0.29) is 0 Å². The van der Waals surface area contributed by atoms with Gasteiger partial charge in [0, 0.05) is 58.4 Å². The number of hydrogen-bond donors (Lipinski definition) is 0. The molecule has 0 aliphatic carbocycles. The Hall–Kier alpha value is -5.45. The van der Waals surface area contributed by atoms with E-state index < -0.39 is 0 Å². The lowest BCUT2D eigenvalue weighted by molar-refractivity contribution is 1.23. The van der Waals surface area contributed by atoms with E-state index in [1.807, 2.05) is 35.6 Å². The fraction of sp³-hybridized carbons (Fsp3) is 0. The van der Waals surface area contributed by atoms with Gasteiger partial charge in [0.05, 0.1) is 22.4 Å². The highest BCUT2D eigenvalue weighted by molar-refractivity contribution is 7.27. The van der Waals surface area contributed by atoms with Gasteiger partial charge in [0.25, 0.3) is 0 Å². The lowest BCUT2D eigenvalue weighted by Gasteiger charge is -2.11. The molecule has 43 heavy (non-hydrogen) atoms. The zero-order valence-corrected chi connectivity index (χ0v) is 23.8. The lowest BCUT2D eigenvalue weighted by atomic mass is 9.97. The van der Waals surface area contributed by atoms with Crippen molar-refractivity contribution >= 4 is 64.1 Å². The molecule has 0 spiro atoms. The molecule has 6 aromatic carbocycles. The van der Waals surface area contributed by atoms with Crippen LogP contribution in [0.5, 0.6) is 0 Å². The largest absolute Gasteiger partial charge is 0.247 e. The number of benzene rings is 6. The molecule has 0 radical (unpaired) electrons. The molecule has 0 N–H and O–H groups in total. The van der Waals surface area contributed by atoms with Crippen LogP contribution in [0.25, 0.3) is 86.7 Å². The number of nitrogens with zero attached hydrogens (tertiary/aromatic N) is 3. The van der Waals surface area contributed by atoms with E-state index in [0.29, 0.717) is 0 Å². The van der Waals surface area contributed by atoms with Crippen LogP contribution < -0.4 is 0 Å². The van der Waals surface area contributed by atoms with Crippen molar-refractivity contribution in [1.29, 1.82) is 0 Å². The molecule has 9 aromatic rings. The summed E-state index contributed by atoms with van der Waals surface area (Å²) in [6.07, 6.45) is 0. The summed E-state index contributed by atoms with van der Waals surface area (Å²) < 4.78 is 2.51. The van der Waals surface area contributed by atoms with Gasteiger partial charge in [0.2, 0.25) is 0 Å². The molecular formula is C39H23N3S. The van der Waals surface area contributed by atoms with Crippen molar-refractivity contribution in [3.8, 4) is 33.9 Å². The van der Waals surface area contributed by atoms with Crippen molar-refractivity contribution in [2.45, 2.75) is 0 Å². The summed E-state index contributed by atoms with van der Waals surface area (Å²) in [5.74, 6) is 0.738. The number of hydrogen-bond acceptors (Lipinski definition) is 4. The molecule has 0 saturated heterocycles. The Morgan fingerprint density at radius 3 is 1.77 bits per heavy atom. The van der Waals surface area contributed by atoms with Gasteiger partial charge in [-0.25, -0.2) is 15.0 Å². The molecule has 0 fully saturated rings. The second-order valence-corrected chi connectivity index (χ2v) is 11.8. The monoisotopic (exact) mass is 565 g/mol. The smallest absolute Gasteiger partial charge is 0.160 e. The molecule has 3 nitrogen and oxygen atoms in total. The topological polar surface area (TPSA) is 38.7 Å². The van der Waals surface area contributed by atoms with E-state index in [9.17, 15) is 0 Å². The maximum absolute atomic E-state index is 5.21. The fourth-order valence-electron chi connectivity index (χ4n) is 6.29. The van der Waals surface area contributed by atoms with Gasteiger partial charge >= 0.3 is 0 Å². The predicted molar refractivity (Wildman–Crippen MR) is 182 cm³/mol. The Labute approximate surface area is 251 Å². The molecule has 0 unspecified atom stereocenters. The number of rotatable bonds is 3. The Balaban J connectivity index is 1.39. The van der Waals surface area contributed by atoms with Crippen molar-refractivity contribution in [1.82, 2.24) is 15.0 Å². The van der Waals surface area contributed by atoms with Gasteiger partial charge in [0.1, 0.15) is 0 Å². The molecule has 0 amide bonds. The molecule has 0 aliphatic rings. The predicted octanol–water partition coefficient (Wildman–Crippen LogP) is 10.7. The summed E-state index contributed by atoms with van der Waals surface area (Å²) >= 11 is 1.85. The van der Waals surface area contributed by atoms with Crippen LogP contribution in [-0.4, -0.2) is 15.0 Å². The SMILES string of the molecule is c1ccc(-c2nc(-c3cccc4c3sc3c4ccc4c(-c5ccccc5)nc5ccccc5c43)c3ccccc3n2)cc1. The van der Waals surface area contributed by atoms with Crippen molar-refractivity contribution in [3.05, 3.63) is 140 Å². The molecule has 3 aromatic heterocycles. The van der Waals surface area contributed by atoms with Crippen LogP contribution >= 0.6 is 11.3 Å². The van der Waals surface area contributed by atoms with Gasteiger partial charge in [-0.15, -0.1) is 11.3 Å². The number of thiophene rings is 1. The maximum Gasteiger partial charge on any atom is 0.160 e. The second kappa shape index (κ2) is 9.55. The summed E-state index contributed by atoms with van der Waals surface area (Å²) in [5.41, 5.74) is 7.19. The highest BCUT2D eigenvalue weighted by Crippen LogP contribution is 2.46. The van der Waals surface area contributed by atoms with Crippen LogP contribution in [-0.2, 0) is 0 Å². The number of fused-ring (bicyclic) bond motifs is 8. The second-order valence-electron chi connectivity index (χ2n) is 10.8. The lowest BCUT2D eigenvalue weighted by Crippen LogP contribution is -1.95. The van der Waals surface area contributed by atoms with E-state index in [4.69, 9.17) is 15.0 Å². The average molecular weight is 566 g/mol. The minimum Gasteiger partial charge on any atom is -0.247 e. The molecule has 0 aliphatic heterocycles. The van der Waals surface area contributed by atoms with Crippen LogP contribution in [0.3, 0.4) is 0 Å². The van der Waals surface area contributed by atoms with E-state index >= 15 is 0 Å². The number of aromatic nitrogens is 3. The highest BCUT2D eigenvalue weighted by atomic mass is 32.1. The molecule has 9 rings (SSSR count). The van der Waals surface area contributed by atoms with Crippen molar-refractivity contribution < 1.29 is 0 Å². The summed E-state index contributed by atoms with van der Waals surface area (Å²) in [5, 5.41) is 7.15. The van der Waals surface area contributed by atoms with Gasteiger partial charge in [-0.2, -0.15) is 0 Å². The van der Waals surface area contributed by atoms with Gasteiger partial charge in [-0.1, -0.05) is 127 Å². The third-order valence-electron chi connectivity index (χ3n) is 8.27. The Bertz CT molecular complexity index is 2500. The zero-order valence-electron chi connectivity index (χ0n) is 23.0. The van der Waals surface area contributed by atoms with E-state index in [1.54, 1.807) is 0 Å². The van der Waals surface area contributed by atoms with Crippen molar-refractivity contribution in [2.24, 2.45) is 0 Å². The summed E-state index contributed by atoms with van der Waals surface area (Å²) in [7, 11) is 0. The fourth-order valence-corrected chi connectivity index (χ4v) is 7.67. The van der Waals surface area contributed by atoms with Gasteiger partial charge in [-0.3, -0.25) is 0 Å². The van der Waals surface area contributed by atoms with Crippen molar-refractivity contribution in [2.75, 3.05) is 0 Å². The molecular weight excluding hydrogens is 543 g/mol. The first-order chi connectivity index (χ1) is 21.3. The van der Waals surface area contributed by atoms with Gasteiger partial charge in [0.15, 0.2) is 5.82 Å². The highest BCUT2D eigenvalue weighted by Gasteiger charge is 2.19. The minimum atomic E-state index is 0.738. The van der Waals surface area contributed by atoms with E-state index in [2.05, 4.69) is 115 Å². The van der Waals surface area contributed by atoms with E-state index in [0.717, 1.165) is 50.3 Å². The van der Waals surface area contributed by atoms with Crippen LogP contribution in [0.1, 0.15) is 0 Å². The van der Waals surface area contributed by atoms with Gasteiger partial charge in [-0.05, 0) is 12.1 Å². The Morgan fingerprint density at radius 2 is 0.977 bits per heavy atom. The summed E-state index contributed by atoms with van der Waals surface area (Å²) in [6.45, 7) is 0. The summed E-state index contributed by atoms with van der Waals surface area (Å²) in [4.78, 5) is 15.3. The number of para-hydroxylation sites is 2. The first-order valence-electron chi connectivity index (χ1n) is 14.4. The third kappa shape index (κ3) is 3.77. The van der Waals surface area contributed by atoms with E-state index in [1.165, 1.54) is 36.3 Å². The standard InChI is InChI=1S/C39H23N3S/c1-3-12-24(13-4-1)35-30-23-22-27-26-18-11-19-31(37(26)43-38(27)34(30)28-16-7-9-20-32(28)40-35)36-29-17-8-10-21-33(29)41-39(42-36)25-14-5-2-6-15-25/h1-23H. The first-order valence-corrected chi connectivity index (χ1v) is 15.2. The minimum absolute atomic E-state index is 0.738. The first kappa shape index (κ1) is 24.2. The Kier molecular flexibility index (Phi) is 5.37. The van der Waals surface area contributed by atoms with Crippen molar-refractivity contribution in [3.63, 3.8) is 0 Å². The van der Waals surface area contributed by atoms with Crippen LogP contribution in [0.15, 0.2) is 140 Å². The van der Waals surface area contributed by atoms with Crippen LogP contribution in [0.4, 0.5) is 0 Å². The molecule has 0 bridgehead atoms. The maximum atomic E-state index is 5.21. The normalized spacial score (nSPS) is 11.7. The quantitative estimate of drug-likeness (QED) is 0.200. The number of pyridine rings is 1. The third-order valence-corrected chi connectivity index (χ3v) is 9.54. The van der Waals surface area contributed by atoms with Crippen LogP contribution in [0.2, 0.25) is 0 Å². The molecule has 4 heteroatoms. The molecule has 0 atom stereocenters. The zero-order chi connectivity index (χ0) is 28.3. The molecule has 200 valence electrons. The average Bonchev–Trinajstić information content (AvgIpc) is 3.47. The Morgan fingerprint density at radius 1 is 0.372 bits per heavy atom. The van der Waals surface area contributed by atoms with Gasteiger partial charge < -0.3 is 0 Å². The molecule has 3 heterocycles. The molecule has 0 saturated carbocycles.